The van der Waals surface area contributed by atoms with Crippen LogP contribution in [0.5, 0.6) is 5.75 Å². The fourth-order valence-corrected chi connectivity index (χ4v) is 4.72. The Labute approximate surface area is 194 Å². The number of aromatic nitrogens is 4. The van der Waals surface area contributed by atoms with E-state index in [1.807, 2.05) is 54.9 Å². The third-order valence-corrected chi connectivity index (χ3v) is 6.18. The highest BCUT2D eigenvalue weighted by molar-refractivity contribution is 6.31. The zero-order chi connectivity index (χ0) is 22.7. The van der Waals surface area contributed by atoms with Crippen LogP contribution in [0.3, 0.4) is 0 Å². The molecule has 3 aromatic heterocycles. The molecular weight excluding hydrogens is 446 g/mol. The Morgan fingerprint density at radius 2 is 1.97 bits per heavy atom. The van der Waals surface area contributed by atoms with Crippen molar-refractivity contribution in [3.8, 4) is 5.75 Å². The number of nitrogens with two attached hydrogens (primary N) is 1. The molecule has 2 saturated heterocycles. The van der Waals surface area contributed by atoms with Crippen molar-refractivity contribution in [2.24, 2.45) is 0 Å². The second-order valence-corrected chi connectivity index (χ2v) is 9.10. The largest absolute Gasteiger partial charge is 0.491 e. The van der Waals surface area contributed by atoms with E-state index < -0.39 is 12.0 Å². The molecule has 4 atom stereocenters. The van der Waals surface area contributed by atoms with Gasteiger partial charge in [-0.1, -0.05) is 11.6 Å². The molecule has 0 bridgehead atoms. The molecule has 0 aliphatic carbocycles. The molecule has 0 saturated carbocycles. The Balaban J connectivity index is 1.27. The Morgan fingerprint density at radius 1 is 1.12 bits per heavy atom. The van der Waals surface area contributed by atoms with Crippen molar-refractivity contribution in [3.05, 3.63) is 54.1 Å². The summed E-state index contributed by atoms with van der Waals surface area (Å²) in [7, 11) is 0. The second-order valence-electron chi connectivity index (χ2n) is 8.67. The lowest BCUT2D eigenvalue weighted by molar-refractivity contribution is -0.198. The van der Waals surface area contributed by atoms with E-state index in [4.69, 9.17) is 36.3 Å². The van der Waals surface area contributed by atoms with Crippen LogP contribution < -0.4 is 10.5 Å². The zero-order valence-electron chi connectivity index (χ0n) is 18.0. The first-order chi connectivity index (χ1) is 15.9. The molecule has 2 fully saturated rings. The van der Waals surface area contributed by atoms with Gasteiger partial charge in [0.15, 0.2) is 12.0 Å². The molecule has 0 spiro atoms. The Hall–Kier alpha value is -2.98. The highest BCUT2D eigenvalue weighted by Crippen LogP contribution is 2.44. The van der Waals surface area contributed by atoms with Gasteiger partial charge in [0, 0.05) is 23.8 Å². The van der Waals surface area contributed by atoms with Crippen molar-refractivity contribution in [1.29, 1.82) is 0 Å². The number of benzene rings is 1. The van der Waals surface area contributed by atoms with Crippen LogP contribution in [-0.2, 0) is 14.2 Å². The highest BCUT2D eigenvalue weighted by atomic mass is 35.5. The average Bonchev–Trinajstić information content (AvgIpc) is 3.44. The number of pyridine rings is 1. The summed E-state index contributed by atoms with van der Waals surface area (Å²) in [5.41, 5.74) is 7.50. The first-order valence-electron chi connectivity index (χ1n) is 10.6. The quantitative estimate of drug-likeness (QED) is 0.484. The average molecular weight is 468 g/mol. The van der Waals surface area contributed by atoms with Crippen LogP contribution in [0.2, 0.25) is 5.02 Å². The van der Waals surface area contributed by atoms with Gasteiger partial charge >= 0.3 is 0 Å². The Kier molecular flexibility index (Phi) is 4.70. The third-order valence-electron chi connectivity index (χ3n) is 5.98. The Morgan fingerprint density at radius 3 is 2.85 bits per heavy atom. The van der Waals surface area contributed by atoms with Crippen molar-refractivity contribution in [2.75, 3.05) is 12.3 Å². The van der Waals surface area contributed by atoms with E-state index >= 15 is 0 Å². The third kappa shape index (κ3) is 3.57. The summed E-state index contributed by atoms with van der Waals surface area (Å²) in [4.78, 5) is 12.8. The number of hydrogen-bond donors (Lipinski definition) is 1. The monoisotopic (exact) mass is 467 g/mol. The van der Waals surface area contributed by atoms with E-state index in [0.717, 1.165) is 16.3 Å². The van der Waals surface area contributed by atoms with Gasteiger partial charge in [0.1, 0.15) is 48.5 Å². The van der Waals surface area contributed by atoms with Crippen molar-refractivity contribution < 1.29 is 18.9 Å². The summed E-state index contributed by atoms with van der Waals surface area (Å²) in [5, 5.41) is 2.31. The van der Waals surface area contributed by atoms with Crippen molar-refractivity contribution in [2.45, 2.75) is 44.2 Å². The molecule has 1 aromatic carbocycles. The van der Waals surface area contributed by atoms with Gasteiger partial charge in [0.25, 0.3) is 0 Å². The minimum absolute atomic E-state index is 0.284. The van der Waals surface area contributed by atoms with E-state index in [1.165, 1.54) is 6.33 Å². The molecule has 6 rings (SSSR count). The number of rotatable bonds is 4. The van der Waals surface area contributed by atoms with Crippen molar-refractivity contribution in [3.63, 3.8) is 0 Å². The molecule has 33 heavy (non-hydrogen) atoms. The molecular formula is C23H22ClN5O4. The van der Waals surface area contributed by atoms with Crippen LogP contribution in [0, 0.1) is 0 Å². The lowest BCUT2D eigenvalue weighted by atomic mass is 10.1. The summed E-state index contributed by atoms with van der Waals surface area (Å²) in [6, 6.07) is 9.44. The molecule has 2 aliphatic heterocycles. The van der Waals surface area contributed by atoms with E-state index in [0.29, 0.717) is 22.2 Å². The maximum atomic E-state index is 6.39. The zero-order valence-corrected chi connectivity index (χ0v) is 18.8. The van der Waals surface area contributed by atoms with E-state index in [1.54, 1.807) is 6.20 Å². The van der Waals surface area contributed by atoms with E-state index in [9.17, 15) is 0 Å². The highest BCUT2D eigenvalue weighted by Gasteiger charge is 2.56. The number of fused-ring (bicyclic) bond motifs is 3. The van der Waals surface area contributed by atoms with Gasteiger partial charge in [-0.2, -0.15) is 0 Å². The molecule has 5 heterocycles. The smallest absolute Gasteiger partial charge is 0.164 e. The van der Waals surface area contributed by atoms with Gasteiger partial charge in [0.05, 0.1) is 15.9 Å². The fourth-order valence-electron chi connectivity index (χ4n) is 4.56. The van der Waals surface area contributed by atoms with Crippen LogP contribution in [0.25, 0.3) is 21.9 Å². The molecule has 0 unspecified atom stereocenters. The van der Waals surface area contributed by atoms with E-state index in [-0.39, 0.29) is 24.9 Å². The molecule has 10 heteroatoms. The maximum absolute atomic E-state index is 6.39. The van der Waals surface area contributed by atoms with Gasteiger partial charge in [-0.25, -0.2) is 9.97 Å². The van der Waals surface area contributed by atoms with E-state index in [2.05, 4.69) is 15.0 Å². The topological polar surface area (TPSA) is 107 Å². The van der Waals surface area contributed by atoms with Crippen molar-refractivity contribution >= 4 is 39.4 Å². The normalized spacial score (nSPS) is 26.2. The minimum Gasteiger partial charge on any atom is -0.491 e. The number of hydrogen-bond acceptors (Lipinski definition) is 8. The van der Waals surface area contributed by atoms with Gasteiger partial charge in [-0.15, -0.1) is 0 Å². The molecule has 2 N–H and O–H groups in total. The first-order valence-corrected chi connectivity index (χ1v) is 11.0. The predicted molar refractivity (Wildman–Crippen MR) is 122 cm³/mol. The molecule has 4 aromatic rings. The molecule has 0 amide bonds. The van der Waals surface area contributed by atoms with Crippen LogP contribution in [-0.4, -0.2) is 50.2 Å². The Bertz CT molecular complexity index is 1360. The molecule has 2 aliphatic rings. The van der Waals surface area contributed by atoms with Crippen LogP contribution in [0.15, 0.2) is 49.1 Å². The summed E-state index contributed by atoms with van der Waals surface area (Å²) in [5.74, 6) is 0.368. The maximum Gasteiger partial charge on any atom is 0.164 e. The number of nitrogens with zero attached hydrogens (tertiary/aromatic N) is 4. The summed E-state index contributed by atoms with van der Waals surface area (Å²) >= 11 is 6.03. The van der Waals surface area contributed by atoms with Gasteiger partial charge in [0.2, 0.25) is 0 Å². The molecule has 9 nitrogen and oxygen atoms in total. The fraction of sp³-hybridized carbons (Fsp3) is 0.348. The molecule has 0 radical (unpaired) electrons. The lowest BCUT2D eigenvalue weighted by Crippen LogP contribution is -2.33. The van der Waals surface area contributed by atoms with Crippen LogP contribution in [0.4, 0.5) is 5.82 Å². The number of anilines is 1. The number of nitrogen functional groups attached to an aromatic ring is 1. The summed E-state index contributed by atoms with van der Waals surface area (Å²) in [6.45, 7) is 4.08. The predicted octanol–water partition coefficient (Wildman–Crippen LogP) is 3.71. The standard InChI is InChI=1S/C23H22ClN5O4/c1-23(2)32-18-17(10-30-14-4-3-12-7-13(24)9-26-16(12)8-14)31-22(19(18)33-23)29-6-5-15-20(25)27-11-28-21(15)29/h3-9,11,17-19,22H,10H2,1-2H3,(H2,25,27,28)/t17-,18-,19-,22-/m1/s1. The van der Waals surface area contributed by atoms with Gasteiger partial charge < -0.3 is 29.2 Å². The van der Waals surface area contributed by atoms with Gasteiger partial charge in [-0.05, 0) is 38.1 Å². The van der Waals surface area contributed by atoms with Crippen molar-refractivity contribution in [1.82, 2.24) is 19.5 Å². The number of ether oxygens (including phenoxy) is 4. The second kappa shape index (κ2) is 7.53. The minimum atomic E-state index is -0.737. The SMILES string of the molecule is CC1(C)O[C@@H]2[C@H](O1)[C@@H](COc1ccc3cc(Cl)cnc3c1)O[C@H]2n1ccc2c(N)ncnc21. The summed E-state index contributed by atoms with van der Waals surface area (Å²) in [6.07, 6.45) is 3.50. The van der Waals surface area contributed by atoms with Gasteiger partial charge in [-0.3, -0.25) is 4.98 Å². The van der Waals surface area contributed by atoms with Crippen LogP contribution >= 0.6 is 11.6 Å². The number of halogens is 1. The summed E-state index contributed by atoms with van der Waals surface area (Å²) < 4.78 is 26.8. The van der Waals surface area contributed by atoms with Crippen LogP contribution in [0.1, 0.15) is 20.1 Å². The molecule has 170 valence electrons. The lowest BCUT2D eigenvalue weighted by Gasteiger charge is -2.25. The first kappa shape index (κ1) is 20.6.